The largest absolute Gasteiger partial charge is 0.416 e. The number of Topliss-reactive ketones (excluding diaryl/α,β-unsaturated/α-hetero) is 1. The SMILES string of the molecule is O=C1CN(C(=O)CN2CCC(C(=O)c3ccccc3)CC2)c2ccc(C(F)(F)F)cc2N1. The lowest BCUT2D eigenvalue weighted by Gasteiger charge is -2.34. The molecule has 32 heavy (non-hydrogen) atoms. The lowest BCUT2D eigenvalue weighted by Crippen LogP contribution is -2.48. The van der Waals surface area contributed by atoms with E-state index in [4.69, 9.17) is 0 Å². The molecule has 0 radical (unpaired) electrons. The van der Waals surface area contributed by atoms with Crippen LogP contribution < -0.4 is 10.2 Å². The Hall–Kier alpha value is -3.20. The molecule has 2 amide bonds. The Kier molecular flexibility index (Phi) is 6.01. The Morgan fingerprint density at radius 2 is 1.72 bits per heavy atom. The van der Waals surface area contributed by atoms with Crippen LogP contribution in [0.4, 0.5) is 24.5 Å². The maximum atomic E-state index is 13.0. The van der Waals surface area contributed by atoms with Gasteiger partial charge < -0.3 is 5.32 Å². The Balaban J connectivity index is 1.40. The number of carbonyl (C=O) groups excluding carboxylic acids is 3. The molecule has 0 bridgehead atoms. The Bertz CT molecular complexity index is 1030. The van der Waals surface area contributed by atoms with Crippen LogP contribution in [-0.2, 0) is 15.8 Å². The number of nitrogens with one attached hydrogen (secondary N) is 1. The van der Waals surface area contributed by atoms with Crippen molar-refractivity contribution in [1.29, 1.82) is 0 Å². The summed E-state index contributed by atoms with van der Waals surface area (Å²) in [5, 5.41) is 2.41. The molecule has 1 fully saturated rings. The minimum absolute atomic E-state index is 0.0278. The zero-order valence-corrected chi connectivity index (χ0v) is 17.2. The monoisotopic (exact) mass is 445 g/mol. The minimum atomic E-state index is -4.55. The number of carbonyl (C=O) groups is 3. The molecule has 2 aromatic rings. The molecule has 1 saturated heterocycles. The van der Waals surface area contributed by atoms with Gasteiger partial charge in [-0.1, -0.05) is 30.3 Å². The topological polar surface area (TPSA) is 69.7 Å². The van der Waals surface area contributed by atoms with E-state index in [0.717, 1.165) is 12.1 Å². The number of likely N-dealkylation sites (tertiary alicyclic amines) is 1. The van der Waals surface area contributed by atoms with Crippen molar-refractivity contribution in [3.63, 3.8) is 0 Å². The van der Waals surface area contributed by atoms with Crippen molar-refractivity contribution < 1.29 is 27.6 Å². The highest BCUT2D eigenvalue weighted by Crippen LogP contribution is 2.37. The van der Waals surface area contributed by atoms with Gasteiger partial charge in [0.15, 0.2) is 5.78 Å². The third kappa shape index (κ3) is 4.67. The lowest BCUT2D eigenvalue weighted by atomic mass is 9.89. The predicted molar refractivity (Wildman–Crippen MR) is 112 cm³/mol. The van der Waals surface area contributed by atoms with E-state index in [2.05, 4.69) is 5.32 Å². The van der Waals surface area contributed by atoms with E-state index in [0.29, 0.717) is 31.5 Å². The molecule has 0 atom stereocenters. The van der Waals surface area contributed by atoms with Gasteiger partial charge in [-0.25, -0.2) is 0 Å². The first-order valence-corrected chi connectivity index (χ1v) is 10.4. The molecule has 9 heteroatoms. The van der Waals surface area contributed by atoms with E-state index in [1.54, 1.807) is 12.1 Å². The van der Waals surface area contributed by atoms with Gasteiger partial charge in [-0.3, -0.25) is 24.2 Å². The van der Waals surface area contributed by atoms with Gasteiger partial charge >= 0.3 is 6.18 Å². The van der Waals surface area contributed by atoms with E-state index in [-0.39, 0.29) is 42.1 Å². The van der Waals surface area contributed by atoms with E-state index >= 15 is 0 Å². The van der Waals surface area contributed by atoms with Gasteiger partial charge in [-0.05, 0) is 44.1 Å². The molecule has 6 nitrogen and oxygen atoms in total. The number of fused-ring (bicyclic) bond motifs is 1. The second-order valence-electron chi connectivity index (χ2n) is 8.04. The molecule has 0 aliphatic carbocycles. The number of amides is 2. The standard InChI is InChI=1S/C23H22F3N3O3/c24-23(25,26)17-6-7-19-18(12-17)27-20(30)13-29(19)21(31)14-28-10-8-16(9-11-28)22(32)15-4-2-1-3-5-15/h1-7,12,16H,8-11,13-14H2,(H,27,30). The molecule has 1 N–H and O–H groups in total. The van der Waals surface area contributed by atoms with Crippen LogP contribution in [0.1, 0.15) is 28.8 Å². The molecule has 0 spiro atoms. The van der Waals surface area contributed by atoms with Crippen LogP contribution in [0.25, 0.3) is 0 Å². The third-order valence-electron chi connectivity index (χ3n) is 5.87. The Labute approximate surface area is 183 Å². The summed E-state index contributed by atoms with van der Waals surface area (Å²) in [6.07, 6.45) is -3.31. The van der Waals surface area contributed by atoms with Crippen LogP contribution in [0.3, 0.4) is 0 Å². The summed E-state index contributed by atoms with van der Waals surface area (Å²) < 4.78 is 39.0. The zero-order valence-electron chi connectivity index (χ0n) is 17.2. The summed E-state index contributed by atoms with van der Waals surface area (Å²) in [6, 6.07) is 12.0. The number of benzene rings is 2. The first-order chi connectivity index (χ1) is 15.2. The van der Waals surface area contributed by atoms with Gasteiger partial charge in [-0.2, -0.15) is 13.2 Å². The molecule has 0 unspecified atom stereocenters. The van der Waals surface area contributed by atoms with Crippen molar-refractivity contribution >= 4 is 29.0 Å². The van der Waals surface area contributed by atoms with Crippen molar-refractivity contribution in [2.45, 2.75) is 19.0 Å². The Morgan fingerprint density at radius 1 is 1.03 bits per heavy atom. The summed E-state index contributed by atoms with van der Waals surface area (Å²) >= 11 is 0. The fourth-order valence-corrected chi connectivity index (χ4v) is 4.16. The van der Waals surface area contributed by atoms with Crippen molar-refractivity contribution in [1.82, 2.24) is 4.90 Å². The number of nitrogens with zero attached hydrogens (tertiary/aromatic N) is 2. The summed E-state index contributed by atoms with van der Waals surface area (Å²) in [6.45, 7) is 0.879. The van der Waals surface area contributed by atoms with Gasteiger partial charge in [-0.15, -0.1) is 0 Å². The van der Waals surface area contributed by atoms with Crippen molar-refractivity contribution in [3.05, 3.63) is 59.7 Å². The number of hydrogen-bond acceptors (Lipinski definition) is 4. The molecule has 0 aromatic heterocycles. The fraction of sp³-hybridized carbons (Fsp3) is 0.348. The molecule has 2 heterocycles. The third-order valence-corrected chi connectivity index (χ3v) is 5.87. The minimum Gasteiger partial charge on any atom is -0.323 e. The highest BCUT2D eigenvalue weighted by Gasteiger charge is 2.35. The summed E-state index contributed by atoms with van der Waals surface area (Å²) in [7, 11) is 0. The summed E-state index contributed by atoms with van der Waals surface area (Å²) in [4.78, 5) is 40.7. The fourth-order valence-electron chi connectivity index (χ4n) is 4.16. The van der Waals surface area contributed by atoms with Gasteiger partial charge in [0.2, 0.25) is 11.8 Å². The van der Waals surface area contributed by atoms with Crippen LogP contribution >= 0.6 is 0 Å². The van der Waals surface area contributed by atoms with E-state index in [1.165, 1.54) is 11.0 Å². The number of piperidine rings is 1. The molecule has 168 valence electrons. The smallest absolute Gasteiger partial charge is 0.323 e. The van der Waals surface area contributed by atoms with Crippen molar-refractivity contribution in [2.75, 3.05) is 36.4 Å². The maximum absolute atomic E-state index is 13.0. The normalized spacial score (nSPS) is 17.6. The van der Waals surface area contributed by atoms with Crippen molar-refractivity contribution in [3.8, 4) is 0 Å². The van der Waals surface area contributed by atoms with Gasteiger partial charge in [0.25, 0.3) is 0 Å². The predicted octanol–water partition coefficient (Wildman–Crippen LogP) is 3.59. The number of halogens is 3. The molecule has 0 saturated carbocycles. The molecule has 4 rings (SSSR count). The molecule has 2 aromatic carbocycles. The zero-order chi connectivity index (χ0) is 22.9. The molecule has 2 aliphatic heterocycles. The Morgan fingerprint density at radius 3 is 2.38 bits per heavy atom. The number of hydrogen-bond donors (Lipinski definition) is 1. The highest BCUT2D eigenvalue weighted by molar-refractivity contribution is 6.10. The van der Waals surface area contributed by atoms with Crippen LogP contribution in [-0.4, -0.2) is 48.7 Å². The summed E-state index contributed by atoms with van der Waals surface area (Å²) in [5.41, 5.74) is 0.000487. The van der Waals surface area contributed by atoms with Crippen LogP contribution in [0.5, 0.6) is 0 Å². The molecule has 2 aliphatic rings. The molecular formula is C23H22F3N3O3. The quantitative estimate of drug-likeness (QED) is 0.731. The van der Waals surface area contributed by atoms with Crippen molar-refractivity contribution in [2.24, 2.45) is 5.92 Å². The first kappa shape index (κ1) is 22.0. The average Bonchev–Trinajstić information content (AvgIpc) is 2.78. The average molecular weight is 445 g/mol. The van der Waals surface area contributed by atoms with Crippen LogP contribution in [0.15, 0.2) is 48.5 Å². The maximum Gasteiger partial charge on any atom is 0.416 e. The number of alkyl halides is 3. The molecular weight excluding hydrogens is 423 g/mol. The number of anilines is 2. The van der Waals surface area contributed by atoms with E-state index in [1.807, 2.05) is 23.1 Å². The summed E-state index contributed by atoms with van der Waals surface area (Å²) in [5.74, 6) is -0.921. The van der Waals surface area contributed by atoms with Gasteiger partial charge in [0.1, 0.15) is 6.54 Å². The van der Waals surface area contributed by atoms with E-state index < -0.39 is 17.6 Å². The second-order valence-corrected chi connectivity index (χ2v) is 8.04. The van der Waals surface area contributed by atoms with Gasteiger partial charge in [0.05, 0.1) is 23.5 Å². The van der Waals surface area contributed by atoms with Gasteiger partial charge in [0, 0.05) is 11.5 Å². The number of rotatable bonds is 4. The second kappa shape index (κ2) is 8.74. The first-order valence-electron chi connectivity index (χ1n) is 10.4. The highest BCUT2D eigenvalue weighted by atomic mass is 19.4. The van der Waals surface area contributed by atoms with Crippen LogP contribution in [0, 0.1) is 5.92 Å². The van der Waals surface area contributed by atoms with Crippen LogP contribution in [0.2, 0.25) is 0 Å². The van der Waals surface area contributed by atoms with E-state index in [9.17, 15) is 27.6 Å². The number of ketones is 1. The lowest BCUT2D eigenvalue weighted by molar-refractivity contribution is -0.137.